The Kier molecular flexibility index (Phi) is 10.2. The number of hydrogen-bond acceptors (Lipinski definition) is 12. The Morgan fingerprint density at radius 1 is 0.617 bits per heavy atom. The fourth-order valence-electron chi connectivity index (χ4n) is 4.62. The van der Waals surface area contributed by atoms with Gasteiger partial charge in [-0.05, 0) is 59.7 Å². The predicted octanol–water partition coefficient (Wildman–Crippen LogP) is 4.09. The SMILES string of the molecule is O=C(CCCOc1ccc(C(O)(c2ccc(OCCCC(=O)On3c(O)ccc3O)cc2)c2cccs2)cc1)On1c(O)ccc1O. The Labute approximate surface area is 272 Å². The first kappa shape index (κ1) is 32.8. The van der Waals surface area contributed by atoms with Crippen LogP contribution in [0, 0.1) is 0 Å². The summed E-state index contributed by atoms with van der Waals surface area (Å²) in [5.74, 6) is -1.83. The van der Waals surface area contributed by atoms with Gasteiger partial charge >= 0.3 is 11.9 Å². The Balaban J connectivity index is 1.14. The molecule has 5 aromatic rings. The average molecular weight is 665 g/mol. The van der Waals surface area contributed by atoms with Gasteiger partial charge in [0, 0.05) is 29.1 Å². The second-order valence-electron chi connectivity index (χ2n) is 10.3. The smallest absolute Gasteiger partial charge is 0.333 e. The molecule has 246 valence electrons. The van der Waals surface area contributed by atoms with Crippen LogP contribution in [0.3, 0.4) is 0 Å². The van der Waals surface area contributed by atoms with E-state index in [2.05, 4.69) is 0 Å². The summed E-state index contributed by atoms with van der Waals surface area (Å²) in [5.41, 5.74) is -0.257. The number of carbonyl (C=O) groups is 2. The van der Waals surface area contributed by atoms with Crippen LogP contribution >= 0.6 is 11.3 Å². The molecule has 0 fully saturated rings. The molecular formula is C33H32N2O11S. The summed E-state index contributed by atoms with van der Waals surface area (Å²) >= 11 is 1.41. The number of aromatic nitrogens is 2. The molecule has 0 bridgehead atoms. The number of nitrogens with zero attached hydrogens (tertiary/aromatic N) is 2. The van der Waals surface area contributed by atoms with Gasteiger partial charge in [-0.1, -0.05) is 30.3 Å². The van der Waals surface area contributed by atoms with Crippen LogP contribution in [-0.4, -0.2) is 60.1 Å². The number of ether oxygens (including phenoxy) is 2. The van der Waals surface area contributed by atoms with Gasteiger partial charge in [0.1, 0.15) is 17.1 Å². The van der Waals surface area contributed by atoms with E-state index in [1.165, 1.54) is 35.6 Å². The summed E-state index contributed by atoms with van der Waals surface area (Å²) in [6.45, 7) is 0.409. The number of thiophene rings is 1. The highest BCUT2D eigenvalue weighted by Crippen LogP contribution is 2.40. The number of benzene rings is 2. The summed E-state index contributed by atoms with van der Waals surface area (Å²) in [5, 5.41) is 52.3. The van der Waals surface area contributed by atoms with Crippen molar-refractivity contribution in [3.05, 3.63) is 106 Å². The van der Waals surface area contributed by atoms with E-state index in [-0.39, 0.29) is 26.1 Å². The minimum atomic E-state index is -1.47. The lowest BCUT2D eigenvalue weighted by atomic mass is 9.85. The van der Waals surface area contributed by atoms with Crippen LogP contribution < -0.4 is 19.1 Å². The van der Waals surface area contributed by atoms with Crippen molar-refractivity contribution in [2.45, 2.75) is 31.3 Å². The summed E-state index contributed by atoms with van der Waals surface area (Å²) in [6, 6.07) is 22.4. The van der Waals surface area contributed by atoms with E-state index in [0.29, 0.717) is 49.8 Å². The molecule has 0 aliphatic rings. The lowest BCUT2D eigenvalue weighted by Crippen LogP contribution is -2.27. The van der Waals surface area contributed by atoms with Crippen LogP contribution in [0.15, 0.2) is 90.3 Å². The molecule has 0 aliphatic carbocycles. The molecule has 0 saturated heterocycles. The minimum Gasteiger partial charge on any atom is -0.494 e. The highest BCUT2D eigenvalue weighted by atomic mass is 32.1. The molecular weight excluding hydrogens is 632 g/mol. The second-order valence-corrected chi connectivity index (χ2v) is 11.2. The zero-order valence-electron chi connectivity index (χ0n) is 24.9. The maximum Gasteiger partial charge on any atom is 0.333 e. The number of aliphatic hydroxyl groups is 1. The first-order valence-corrected chi connectivity index (χ1v) is 15.4. The Bertz CT molecular complexity index is 1630. The monoisotopic (exact) mass is 664 g/mol. The third-order valence-electron chi connectivity index (χ3n) is 6.99. The Morgan fingerprint density at radius 2 is 1.02 bits per heavy atom. The van der Waals surface area contributed by atoms with E-state index in [4.69, 9.17) is 19.1 Å². The fraction of sp³-hybridized carbons (Fsp3) is 0.212. The van der Waals surface area contributed by atoms with E-state index in [1.807, 2.05) is 17.5 Å². The van der Waals surface area contributed by atoms with E-state index >= 15 is 0 Å². The summed E-state index contributed by atoms with van der Waals surface area (Å²) in [6.07, 6.45) is 0.628. The van der Waals surface area contributed by atoms with Crippen molar-refractivity contribution >= 4 is 23.3 Å². The molecule has 0 unspecified atom stereocenters. The third-order valence-corrected chi connectivity index (χ3v) is 7.97. The zero-order valence-corrected chi connectivity index (χ0v) is 25.7. The van der Waals surface area contributed by atoms with E-state index in [1.54, 1.807) is 48.5 Å². The summed E-state index contributed by atoms with van der Waals surface area (Å²) < 4.78 is 12.8. The van der Waals surface area contributed by atoms with Gasteiger partial charge < -0.3 is 44.7 Å². The highest BCUT2D eigenvalue weighted by Gasteiger charge is 2.35. The zero-order chi connectivity index (χ0) is 33.4. The predicted molar refractivity (Wildman–Crippen MR) is 167 cm³/mol. The van der Waals surface area contributed by atoms with Crippen molar-refractivity contribution in [1.82, 2.24) is 9.46 Å². The number of aromatic hydroxyl groups is 4. The van der Waals surface area contributed by atoms with Crippen molar-refractivity contribution < 1.29 is 54.3 Å². The van der Waals surface area contributed by atoms with Gasteiger partial charge in [0.05, 0.1) is 26.1 Å². The quantitative estimate of drug-likeness (QED) is 0.102. The van der Waals surface area contributed by atoms with Gasteiger partial charge in [-0.2, -0.15) is 0 Å². The molecule has 0 spiro atoms. The van der Waals surface area contributed by atoms with E-state index in [0.717, 1.165) is 0 Å². The normalized spacial score (nSPS) is 11.3. The molecule has 0 atom stereocenters. The molecule has 3 heterocycles. The molecule has 5 N–H and O–H groups in total. The largest absolute Gasteiger partial charge is 0.494 e. The lowest BCUT2D eigenvalue weighted by molar-refractivity contribution is -0.146. The van der Waals surface area contributed by atoms with E-state index in [9.17, 15) is 35.1 Å². The summed E-state index contributed by atoms with van der Waals surface area (Å²) in [7, 11) is 0. The van der Waals surface area contributed by atoms with Crippen LogP contribution in [0.4, 0.5) is 0 Å². The second kappa shape index (κ2) is 14.7. The van der Waals surface area contributed by atoms with Gasteiger partial charge in [-0.15, -0.1) is 20.8 Å². The molecule has 0 amide bonds. The minimum absolute atomic E-state index is 0.00925. The highest BCUT2D eigenvalue weighted by molar-refractivity contribution is 7.10. The lowest BCUT2D eigenvalue weighted by Gasteiger charge is -2.29. The average Bonchev–Trinajstić information content (AvgIpc) is 3.81. The molecule has 47 heavy (non-hydrogen) atoms. The van der Waals surface area contributed by atoms with Crippen molar-refractivity contribution in [2.75, 3.05) is 13.2 Å². The van der Waals surface area contributed by atoms with Crippen LogP contribution in [-0.2, 0) is 15.2 Å². The standard InChI is InChI=1S/C33H32N2O11S/c36-27-15-16-28(37)34(27)45-31(40)5-1-19-43-24-11-7-22(8-12-24)33(42,26-4-3-21-47-26)23-9-13-25(14-10-23)44-20-2-6-32(41)46-35-29(38)17-18-30(35)39/h3-4,7-18,21,36-39,42H,1-2,5-6,19-20H2. The van der Waals surface area contributed by atoms with Gasteiger partial charge in [0.2, 0.25) is 23.5 Å². The van der Waals surface area contributed by atoms with Gasteiger partial charge in [-0.25, -0.2) is 9.59 Å². The molecule has 13 nitrogen and oxygen atoms in total. The van der Waals surface area contributed by atoms with Gasteiger partial charge in [0.25, 0.3) is 0 Å². The summed E-state index contributed by atoms with van der Waals surface area (Å²) in [4.78, 5) is 34.6. The molecule has 0 aliphatic heterocycles. The Hall–Kier alpha value is -5.60. The number of hydrogen-bond donors (Lipinski definition) is 5. The van der Waals surface area contributed by atoms with Crippen molar-refractivity contribution in [1.29, 1.82) is 0 Å². The van der Waals surface area contributed by atoms with Crippen LogP contribution in [0.1, 0.15) is 41.7 Å². The van der Waals surface area contributed by atoms with Crippen LogP contribution in [0.2, 0.25) is 0 Å². The maximum absolute atomic E-state index is 12.1. The number of carbonyl (C=O) groups excluding carboxylic acids is 2. The van der Waals surface area contributed by atoms with Crippen molar-refractivity contribution in [3.8, 4) is 35.0 Å². The molecule has 2 aromatic carbocycles. The first-order chi connectivity index (χ1) is 22.6. The Morgan fingerprint density at radius 3 is 1.38 bits per heavy atom. The number of rotatable bonds is 15. The third kappa shape index (κ3) is 7.80. The van der Waals surface area contributed by atoms with Gasteiger partial charge in [0.15, 0.2) is 0 Å². The first-order valence-electron chi connectivity index (χ1n) is 14.5. The van der Waals surface area contributed by atoms with Crippen molar-refractivity contribution in [3.63, 3.8) is 0 Å². The van der Waals surface area contributed by atoms with E-state index < -0.39 is 41.1 Å². The van der Waals surface area contributed by atoms with Crippen LogP contribution in [0.5, 0.6) is 35.0 Å². The van der Waals surface area contributed by atoms with Crippen molar-refractivity contribution in [2.24, 2.45) is 0 Å². The maximum atomic E-state index is 12.1. The molecule has 0 saturated carbocycles. The topological polar surface area (TPSA) is 182 Å². The van der Waals surface area contributed by atoms with Gasteiger partial charge in [-0.3, -0.25) is 0 Å². The molecule has 3 aromatic heterocycles. The molecule has 5 rings (SSSR count). The molecule has 0 radical (unpaired) electrons. The van der Waals surface area contributed by atoms with Crippen LogP contribution in [0.25, 0.3) is 0 Å². The molecule has 14 heteroatoms. The fourth-order valence-corrected chi connectivity index (χ4v) is 5.49.